The van der Waals surface area contributed by atoms with Crippen LogP contribution in [0.3, 0.4) is 0 Å². The minimum atomic E-state index is -0.689. The number of fused-ring (bicyclic) bond motifs is 1. The van der Waals surface area contributed by atoms with Crippen LogP contribution in [0.2, 0.25) is 0 Å². The maximum absolute atomic E-state index is 11.8. The van der Waals surface area contributed by atoms with Gasteiger partial charge in [0.05, 0.1) is 13.2 Å². The summed E-state index contributed by atoms with van der Waals surface area (Å²) in [4.78, 5) is 14.0. The van der Waals surface area contributed by atoms with Gasteiger partial charge in [0.1, 0.15) is 6.04 Å². The molecule has 5 nitrogen and oxygen atoms in total. The summed E-state index contributed by atoms with van der Waals surface area (Å²) < 4.78 is 11.7. The molecule has 1 aliphatic heterocycles. The Morgan fingerprint density at radius 3 is 2.70 bits per heavy atom. The van der Waals surface area contributed by atoms with E-state index in [1.165, 1.54) is 12.8 Å². The summed E-state index contributed by atoms with van der Waals surface area (Å²) in [7, 11) is 0. The number of ether oxygens (including phenoxy) is 2. The van der Waals surface area contributed by atoms with Crippen molar-refractivity contribution < 1.29 is 19.4 Å². The van der Waals surface area contributed by atoms with Gasteiger partial charge in [-0.05, 0) is 55.7 Å². The number of benzene rings is 1. The quantitative estimate of drug-likeness (QED) is 0.732. The van der Waals surface area contributed by atoms with Crippen molar-refractivity contribution in [1.29, 1.82) is 0 Å². The van der Waals surface area contributed by atoms with Gasteiger partial charge in [0.25, 0.3) is 0 Å². The van der Waals surface area contributed by atoms with Crippen molar-refractivity contribution in [3.63, 3.8) is 0 Å². The number of hydrogen-bond donors (Lipinski definition) is 1. The number of carbonyl (C=O) groups is 1. The van der Waals surface area contributed by atoms with Crippen molar-refractivity contribution in [1.82, 2.24) is 4.90 Å². The van der Waals surface area contributed by atoms with Crippen LogP contribution >= 0.6 is 0 Å². The van der Waals surface area contributed by atoms with Gasteiger partial charge < -0.3 is 14.6 Å². The van der Waals surface area contributed by atoms with Crippen LogP contribution in [0.5, 0.6) is 11.5 Å². The second kappa shape index (κ2) is 8.96. The normalized spacial score (nSPS) is 25.4. The minimum Gasteiger partial charge on any atom is -0.490 e. The fraction of sp³-hybridized carbons (Fsp3) is 0.682. The standard InChI is InChI=1S/C22H33NO4/c1-4-26-21-11-16(9-10-20(21)27-14-15(2)3)13-23-18-8-6-5-7-17(18)12-19(23)22(24)25/h9-11,15,17-19H,4-8,12-14H2,1-3H3,(H,24,25). The predicted molar refractivity (Wildman–Crippen MR) is 105 cm³/mol. The SMILES string of the molecule is CCOc1cc(CN2C(C(=O)O)CC3CCCCC32)ccc1OCC(C)C. The van der Waals surface area contributed by atoms with Crippen molar-refractivity contribution in [2.75, 3.05) is 13.2 Å². The Kier molecular flexibility index (Phi) is 6.64. The smallest absolute Gasteiger partial charge is 0.320 e. The third-order valence-corrected chi connectivity index (χ3v) is 5.75. The van der Waals surface area contributed by atoms with Gasteiger partial charge in [-0.2, -0.15) is 0 Å². The molecule has 0 aromatic heterocycles. The molecule has 150 valence electrons. The second-order valence-corrected chi connectivity index (χ2v) is 8.29. The molecule has 0 spiro atoms. The maximum atomic E-state index is 11.8. The molecule has 5 heteroatoms. The van der Waals surface area contributed by atoms with Gasteiger partial charge in [-0.3, -0.25) is 9.69 Å². The summed E-state index contributed by atoms with van der Waals surface area (Å²) in [6.07, 6.45) is 5.50. The molecule has 1 aliphatic carbocycles. The largest absolute Gasteiger partial charge is 0.490 e. The van der Waals surface area contributed by atoms with Crippen LogP contribution in [-0.4, -0.2) is 41.3 Å². The summed E-state index contributed by atoms with van der Waals surface area (Å²) in [6.45, 7) is 8.09. The molecule has 1 heterocycles. The first-order valence-electron chi connectivity index (χ1n) is 10.4. The van der Waals surface area contributed by atoms with Gasteiger partial charge >= 0.3 is 5.97 Å². The Balaban J connectivity index is 1.78. The second-order valence-electron chi connectivity index (χ2n) is 8.29. The zero-order valence-electron chi connectivity index (χ0n) is 16.8. The fourth-order valence-electron chi connectivity index (χ4n) is 4.53. The van der Waals surface area contributed by atoms with Gasteiger partial charge in [-0.15, -0.1) is 0 Å². The fourth-order valence-corrected chi connectivity index (χ4v) is 4.53. The molecule has 3 atom stereocenters. The number of likely N-dealkylation sites (tertiary alicyclic amines) is 1. The molecule has 0 amide bonds. The molecule has 0 radical (unpaired) electrons. The van der Waals surface area contributed by atoms with E-state index < -0.39 is 5.97 Å². The Hall–Kier alpha value is -1.75. The van der Waals surface area contributed by atoms with Gasteiger partial charge in [0.2, 0.25) is 0 Å². The molecule has 1 saturated heterocycles. The Bertz CT molecular complexity index is 645. The maximum Gasteiger partial charge on any atom is 0.320 e. The van der Waals surface area contributed by atoms with Gasteiger partial charge in [-0.1, -0.05) is 32.8 Å². The zero-order valence-corrected chi connectivity index (χ0v) is 16.8. The van der Waals surface area contributed by atoms with E-state index in [0.29, 0.717) is 37.6 Å². The van der Waals surface area contributed by atoms with Gasteiger partial charge in [0, 0.05) is 12.6 Å². The lowest BCUT2D eigenvalue weighted by atomic mass is 9.84. The predicted octanol–water partition coefficient (Wildman–Crippen LogP) is 4.34. The number of carboxylic acid groups (broad SMARTS) is 1. The first kappa shape index (κ1) is 20.0. The lowest BCUT2D eigenvalue weighted by Crippen LogP contribution is -2.41. The highest BCUT2D eigenvalue weighted by Gasteiger charge is 2.44. The van der Waals surface area contributed by atoms with E-state index in [9.17, 15) is 9.90 Å². The number of hydrogen-bond acceptors (Lipinski definition) is 4. The Morgan fingerprint density at radius 2 is 2.00 bits per heavy atom. The Labute approximate surface area is 162 Å². The van der Waals surface area contributed by atoms with Crippen molar-refractivity contribution in [2.24, 2.45) is 11.8 Å². The van der Waals surface area contributed by atoms with E-state index in [4.69, 9.17) is 9.47 Å². The molecule has 0 bridgehead atoms. The van der Waals surface area contributed by atoms with Crippen LogP contribution in [0.1, 0.15) is 58.4 Å². The van der Waals surface area contributed by atoms with Gasteiger partial charge in [0.15, 0.2) is 11.5 Å². The van der Waals surface area contributed by atoms with Crippen LogP contribution in [0.4, 0.5) is 0 Å². The van der Waals surface area contributed by atoms with Crippen molar-refractivity contribution in [3.05, 3.63) is 23.8 Å². The average Bonchev–Trinajstić information content (AvgIpc) is 3.00. The third kappa shape index (κ3) is 4.75. The third-order valence-electron chi connectivity index (χ3n) is 5.75. The van der Waals surface area contributed by atoms with Crippen LogP contribution < -0.4 is 9.47 Å². The van der Waals surface area contributed by atoms with E-state index in [1.54, 1.807) is 0 Å². The molecule has 27 heavy (non-hydrogen) atoms. The van der Waals surface area contributed by atoms with Crippen LogP contribution in [-0.2, 0) is 11.3 Å². The number of rotatable bonds is 8. The molecule has 3 unspecified atom stereocenters. The summed E-state index contributed by atoms with van der Waals surface area (Å²) in [6, 6.07) is 6.06. The molecule has 1 aromatic carbocycles. The number of nitrogens with zero attached hydrogens (tertiary/aromatic N) is 1. The van der Waals surface area contributed by atoms with Crippen LogP contribution in [0.25, 0.3) is 0 Å². The molecule has 1 N–H and O–H groups in total. The Morgan fingerprint density at radius 1 is 1.22 bits per heavy atom. The van der Waals surface area contributed by atoms with E-state index in [-0.39, 0.29) is 6.04 Å². The molecule has 1 aromatic rings. The molecule has 3 rings (SSSR count). The minimum absolute atomic E-state index is 0.370. The first-order chi connectivity index (χ1) is 13.0. The van der Waals surface area contributed by atoms with Crippen molar-refractivity contribution in [3.8, 4) is 11.5 Å². The van der Waals surface area contributed by atoms with Crippen LogP contribution in [0.15, 0.2) is 18.2 Å². The molecule has 2 aliphatic rings. The lowest BCUT2D eigenvalue weighted by molar-refractivity contribution is -0.142. The summed E-state index contributed by atoms with van der Waals surface area (Å²) in [5.41, 5.74) is 1.09. The van der Waals surface area contributed by atoms with Crippen LogP contribution in [0, 0.1) is 11.8 Å². The highest BCUT2D eigenvalue weighted by molar-refractivity contribution is 5.74. The van der Waals surface area contributed by atoms with Crippen molar-refractivity contribution in [2.45, 2.75) is 71.5 Å². The van der Waals surface area contributed by atoms with Gasteiger partial charge in [-0.25, -0.2) is 0 Å². The molecular weight excluding hydrogens is 342 g/mol. The van der Waals surface area contributed by atoms with E-state index in [0.717, 1.165) is 36.3 Å². The molecule has 1 saturated carbocycles. The molecular formula is C22H33NO4. The summed E-state index contributed by atoms with van der Waals surface area (Å²) in [5.74, 6) is 1.80. The summed E-state index contributed by atoms with van der Waals surface area (Å²) >= 11 is 0. The number of aliphatic carboxylic acids is 1. The zero-order chi connectivity index (χ0) is 19.4. The lowest BCUT2D eigenvalue weighted by Gasteiger charge is -2.33. The number of carboxylic acids is 1. The van der Waals surface area contributed by atoms with E-state index >= 15 is 0 Å². The van der Waals surface area contributed by atoms with Crippen molar-refractivity contribution >= 4 is 5.97 Å². The first-order valence-corrected chi connectivity index (χ1v) is 10.4. The highest BCUT2D eigenvalue weighted by Crippen LogP contribution is 2.41. The monoisotopic (exact) mass is 375 g/mol. The highest BCUT2D eigenvalue weighted by atomic mass is 16.5. The average molecular weight is 376 g/mol. The van der Waals surface area contributed by atoms with E-state index in [2.05, 4.69) is 18.7 Å². The summed E-state index contributed by atoms with van der Waals surface area (Å²) in [5, 5.41) is 9.73. The van der Waals surface area contributed by atoms with E-state index in [1.807, 2.05) is 25.1 Å². The topological polar surface area (TPSA) is 59.0 Å². The molecule has 2 fully saturated rings.